The molecular weight excluding hydrogens is 230 g/mol. The minimum Gasteiger partial charge on any atom is -0.481 e. The number of carboxylic acid groups (broad SMARTS) is 1. The van der Waals surface area contributed by atoms with Gasteiger partial charge in [0.1, 0.15) is 5.72 Å². The summed E-state index contributed by atoms with van der Waals surface area (Å²) >= 11 is 0. The molecular formula is C14H19NO3. The Morgan fingerprint density at radius 1 is 1.56 bits per heavy atom. The molecule has 1 aliphatic rings. The number of aryl methyl sites for hydroxylation is 1. The van der Waals surface area contributed by atoms with Crippen LogP contribution in [-0.4, -0.2) is 16.2 Å². The molecule has 2 unspecified atom stereocenters. The van der Waals surface area contributed by atoms with Gasteiger partial charge >= 0.3 is 5.97 Å². The Bertz CT molecular complexity index is 468. The van der Waals surface area contributed by atoms with Gasteiger partial charge in [-0.2, -0.15) is 0 Å². The smallest absolute Gasteiger partial charge is 0.303 e. The lowest BCUT2D eigenvalue weighted by Crippen LogP contribution is -2.37. The molecule has 2 atom stereocenters. The quantitative estimate of drug-likeness (QED) is 0.709. The second-order valence-electron chi connectivity index (χ2n) is 5.17. The van der Waals surface area contributed by atoms with Crippen molar-refractivity contribution in [3.8, 4) is 0 Å². The third-order valence-electron chi connectivity index (χ3n) is 3.74. The molecule has 0 fully saturated rings. The molecule has 0 bridgehead atoms. The molecule has 0 saturated carbocycles. The topological polar surface area (TPSA) is 83.5 Å². The van der Waals surface area contributed by atoms with E-state index in [0.717, 1.165) is 12.8 Å². The molecule has 0 aromatic heterocycles. The van der Waals surface area contributed by atoms with Crippen molar-refractivity contribution in [3.05, 3.63) is 34.9 Å². The number of rotatable bonds is 4. The van der Waals surface area contributed by atoms with Crippen LogP contribution in [0.4, 0.5) is 0 Å². The van der Waals surface area contributed by atoms with E-state index in [0.29, 0.717) is 11.5 Å². The van der Waals surface area contributed by atoms with Gasteiger partial charge in [-0.15, -0.1) is 0 Å². The zero-order valence-corrected chi connectivity index (χ0v) is 10.5. The summed E-state index contributed by atoms with van der Waals surface area (Å²) in [6.45, 7) is 2.19. The summed E-state index contributed by atoms with van der Waals surface area (Å²) in [4.78, 5) is 10.5. The van der Waals surface area contributed by atoms with E-state index in [1.807, 2.05) is 18.2 Å². The van der Waals surface area contributed by atoms with Crippen molar-refractivity contribution in [2.45, 2.75) is 44.2 Å². The van der Waals surface area contributed by atoms with E-state index >= 15 is 0 Å². The lowest BCUT2D eigenvalue weighted by molar-refractivity contribution is -0.138. The monoisotopic (exact) mass is 249 g/mol. The largest absolute Gasteiger partial charge is 0.481 e. The molecule has 1 aliphatic carbocycles. The number of hydrogen-bond acceptors (Lipinski definition) is 3. The molecule has 4 heteroatoms. The molecule has 0 radical (unpaired) electrons. The highest BCUT2D eigenvalue weighted by Crippen LogP contribution is 2.34. The second-order valence-corrected chi connectivity index (χ2v) is 5.17. The number of benzene rings is 1. The first-order chi connectivity index (χ1) is 8.40. The molecule has 0 heterocycles. The fraction of sp³-hybridized carbons (Fsp3) is 0.500. The first kappa shape index (κ1) is 13.1. The first-order valence-corrected chi connectivity index (χ1v) is 6.26. The molecule has 1 aromatic rings. The lowest BCUT2D eigenvalue weighted by Gasteiger charge is -2.23. The van der Waals surface area contributed by atoms with Crippen molar-refractivity contribution in [1.29, 1.82) is 0 Å². The van der Waals surface area contributed by atoms with Gasteiger partial charge in [-0.1, -0.05) is 25.1 Å². The number of aliphatic hydroxyl groups is 1. The molecule has 2 rings (SSSR count). The second kappa shape index (κ2) is 4.71. The number of carboxylic acids is 1. The van der Waals surface area contributed by atoms with Gasteiger partial charge in [-0.3, -0.25) is 10.5 Å². The maximum Gasteiger partial charge on any atom is 0.303 e. The molecule has 4 nitrogen and oxygen atoms in total. The highest BCUT2D eigenvalue weighted by Gasteiger charge is 2.27. The van der Waals surface area contributed by atoms with Gasteiger partial charge in [0.05, 0.1) is 0 Å². The van der Waals surface area contributed by atoms with Crippen LogP contribution in [0, 0.1) is 0 Å². The van der Waals surface area contributed by atoms with Crippen LogP contribution in [-0.2, 0) is 16.9 Å². The molecule has 18 heavy (non-hydrogen) atoms. The number of nitrogens with two attached hydrogens (primary N) is 1. The molecule has 0 amide bonds. The van der Waals surface area contributed by atoms with E-state index in [-0.39, 0.29) is 12.8 Å². The summed E-state index contributed by atoms with van der Waals surface area (Å²) in [5.41, 5.74) is 7.39. The Labute approximate surface area is 106 Å². The maximum atomic E-state index is 10.5. The molecule has 98 valence electrons. The van der Waals surface area contributed by atoms with E-state index in [9.17, 15) is 9.90 Å². The van der Waals surface area contributed by atoms with E-state index in [4.69, 9.17) is 10.8 Å². The van der Waals surface area contributed by atoms with Crippen LogP contribution >= 0.6 is 0 Å². The Hall–Kier alpha value is -1.39. The Kier molecular flexibility index (Phi) is 3.41. The Morgan fingerprint density at radius 2 is 2.28 bits per heavy atom. The van der Waals surface area contributed by atoms with Crippen LogP contribution in [0.5, 0.6) is 0 Å². The summed E-state index contributed by atoms with van der Waals surface area (Å²) in [5.74, 6) is -0.396. The maximum absolute atomic E-state index is 10.5. The fourth-order valence-corrected chi connectivity index (χ4v) is 2.54. The highest BCUT2D eigenvalue weighted by molar-refractivity contribution is 5.66. The van der Waals surface area contributed by atoms with Crippen LogP contribution < -0.4 is 5.73 Å². The van der Waals surface area contributed by atoms with Gasteiger partial charge in [0.15, 0.2) is 0 Å². The lowest BCUT2D eigenvalue weighted by atomic mass is 9.94. The Balaban J connectivity index is 2.21. The molecule has 1 aromatic carbocycles. The molecule has 4 N–H and O–H groups in total. The van der Waals surface area contributed by atoms with E-state index in [2.05, 4.69) is 6.92 Å². The van der Waals surface area contributed by atoms with Crippen LogP contribution in [0.3, 0.4) is 0 Å². The molecule has 0 spiro atoms. The fourth-order valence-electron chi connectivity index (χ4n) is 2.54. The summed E-state index contributed by atoms with van der Waals surface area (Å²) in [7, 11) is 0. The standard InChI is InChI=1S/C14H19NO3/c1-9-2-3-10-8-11(4-5-12(9)10)14(15,18)7-6-13(16)17/h4-5,8-9,18H,2-3,6-7,15H2,1H3,(H,16,17). The van der Waals surface area contributed by atoms with Crippen LogP contribution in [0.1, 0.15) is 48.8 Å². The first-order valence-electron chi connectivity index (χ1n) is 6.26. The zero-order chi connectivity index (χ0) is 13.3. The van der Waals surface area contributed by atoms with Crippen molar-refractivity contribution in [3.63, 3.8) is 0 Å². The zero-order valence-electron chi connectivity index (χ0n) is 10.5. The summed E-state index contributed by atoms with van der Waals surface area (Å²) in [6.07, 6.45) is 2.01. The predicted octanol–water partition coefficient (Wildman–Crippen LogP) is 1.70. The van der Waals surface area contributed by atoms with E-state index < -0.39 is 11.7 Å². The van der Waals surface area contributed by atoms with Gasteiger partial charge in [0, 0.05) is 12.8 Å². The minimum atomic E-state index is -1.56. The van der Waals surface area contributed by atoms with Crippen LogP contribution in [0.25, 0.3) is 0 Å². The predicted molar refractivity (Wildman–Crippen MR) is 68.1 cm³/mol. The van der Waals surface area contributed by atoms with Crippen molar-refractivity contribution >= 4 is 5.97 Å². The van der Waals surface area contributed by atoms with Crippen molar-refractivity contribution in [1.82, 2.24) is 0 Å². The van der Waals surface area contributed by atoms with Gasteiger partial charge in [-0.05, 0) is 35.4 Å². The van der Waals surface area contributed by atoms with Gasteiger partial charge < -0.3 is 10.2 Å². The Morgan fingerprint density at radius 3 is 2.94 bits per heavy atom. The third kappa shape index (κ3) is 2.54. The highest BCUT2D eigenvalue weighted by atomic mass is 16.4. The summed E-state index contributed by atoms with van der Waals surface area (Å²) in [6, 6.07) is 5.73. The van der Waals surface area contributed by atoms with Crippen LogP contribution in [0.15, 0.2) is 18.2 Å². The van der Waals surface area contributed by atoms with Crippen molar-refractivity contribution < 1.29 is 15.0 Å². The van der Waals surface area contributed by atoms with E-state index in [1.54, 1.807) is 0 Å². The average Bonchev–Trinajstić information content (AvgIpc) is 2.68. The van der Waals surface area contributed by atoms with Crippen molar-refractivity contribution in [2.75, 3.05) is 0 Å². The van der Waals surface area contributed by atoms with Crippen molar-refractivity contribution in [2.24, 2.45) is 5.73 Å². The molecule has 0 saturated heterocycles. The van der Waals surface area contributed by atoms with Crippen LogP contribution in [0.2, 0.25) is 0 Å². The third-order valence-corrected chi connectivity index (χ3v) is 3.74. The van der Waals surface area contributed by atoms with E-state index in [1.165, 1.54) is 11.1 Å². The SMILES string of the molecule is CC1CCc2cc(C(N)(O)CCC(=O)O)ccc21. The number of fused-ring (bicyclic) bond motifs is 1. The summed E-state index contributed by atoms with van der Waals surface area (Å²) < 4.78 is 0. The van der Waals surface area contributed by atoms with Gasteiger partial charge in [0.2, 0.25) is 0 Å². The number of hydrogen-bond donors (Lipinski definition) is 3. The minimum absolute atomic E-state index is 0.0245. The molecule has 0 aliphatic heterocycles. The normalized spacial score (nSPS) is 21.4. The summed E-state index contributed by atoms with van der Waals surface area (Å²) in [5, 5.41) is 18.8. The van der Waals surface area contributed by atoms with Gasteiger partial charge in [-0.25, -0.2) is 0 Å². The average molecular weight is 249 g/mol. The number of carbonyl (C=O) groups is 1. The van der Waals surface area contributed by atoms with Gasteiger partial charge in [0.25, 0.3) is 0 Å². The number of aliphatic carboxylic acids is 1.